The van der Waals surface area contributed by atoms with E-state index in [2.05, 4.69) is 20.3 Å². The third-order valence-corrected chi connectivity index (χ3v) is 4.77. The van der Waals surface area contributed by atoms with Gasteiger partial charge in [-0.15, -0.1) is 0 Å². The molecule has 1 atom stereocenters. The summed E-state index contributed by atoms with van der Waals surface area (Å²) < 4.78 is 77.4. The second-order valence-corrected chi connectivity index (χ2v) is 6.72. The van der Waals surface area contributed by atoms with E-state index in [9.17, 15) is 22.4 Å². The number of nitrogens with zero attached hydrogens (tertiary/aromatic N) is 3. The number of carbonyl (C=O) groups excluding carboxylic acids is 1. The molecular formula is C21H16F4N4O. The molecular weight excluding hydrogens is 400 g/mol. The van der Waals surface area contributed by atoms with E-state index in [-0.39, 0.29) is 17.3 Å². The minimum Gasteiger partial charge on any atom is -0.352 e. The quantitative estimate of drug-likeness (QED) is 0.648. The summed E-state index contributed by atoms with van der Waals surface area (Å²) in [5.74, 6) is -3.15. The minimum absolute atomic E-state index is 0.126. The van der Waals surface area contributed by atoms with Crippen LogP contribution in [-0.2, 0) is 12.6 Å². The lowest BCUT2D eigenvalue weighted by Crippen LogP contribution is -2.32. The Morgan fingerprint density at radius 2 is 2.00 bits per heavy atom. The molecule has 3 aromatic rings. The third-order valence-electron chi connectivity index (χ3n) is 4.77. The summed E-state index contributed by atoms with van der Waals surface area (Å²) in [4.78, 5) is 24.5. The van der Waals surface area contributed by atoms with Crippen molar-refractivity contribution >= 4 is 5.91 Å². The van der Waals surface area contributed by atoms with Crippen LogP contribution < -0.4 is 5.32 Å². The number of nitrogens with one attached hydrogen (secondary N) is 1. The first-order chi connectivity index (χ1) is 15.4. The summed E-state index contributed by atoms with van der Waals surface area (Å²) in [6, 6.07) is 4.50. The second-order valence-electron chi connectivity index (χ2n) is 6.72. The summed E-state index contributed by atoms with van der Waals surface area (Å²) in [5.41, 5.74) is -0.266. The Hall–Kier alpha value is -3.36. The molecule has 1 N–H and O–H groups in total. The average Bonchev–Trinajstić information content (AvgIpc) is 2.72. The zero-order valence-corrected chi connectivity index (χ0v) is 15.3. The SMILES string of the molecule is [2H]C([2H])([2H])C(c1cc(F)cc(C(F)(F)F)c1)c1cc(-c2nccc3c2CCNC3=O)ncn1. The fourth-order valence-electron chi connectivity index (χ4n) is 3.35. The summed E-state index contributed by atoms with van der Waals surface area (Å²) in [6.07, 6.45) is -1.92. The van der Waals surface area contributed by atoms with Crippen LogP contribution in [0.25, 0.3) is 11.4 Å². The molecule has 2 aromatic heterocycles. The first kappa shape index (κ1) is 16.4. The van der Waals surface area contributed by atoms with Gasteiger partial charge in [0.15, 0.2) is 0 Å². The Labute approximate surface area is 173 Å². The smallest absolute Gasteiger partial charge is 0.352 e. The van der Waals surface area contributed by atoms with Crippen molar-refractivity contribution < 1.29 is 26.5 Å². The maximum atomic E-state index is 14.0. The van der Waals surface area contributed by atoms with E-state index >= 15 is 0 Å². The molecule has 1 aliphatic heterocycles. The molecule has 154 valence electrons. The van der Waals surface area contributed by atoms with Crippen LogP contribution in [0.5, 0.6) is 0 Å². The Kier molecular flexibility index (Phi) is 4.10. The maximum Gasteiger partial charge on any atom is 0.416 e. The van der Waals surface area contributed by atoms with Crippen molar-refractivity contribution in [3.05, 3.63) is 76.6 Å². The number of benzene rings is 1. The topological polar surface area (TPSA) is 67.8 Å². The average molecular weight is 419 g/mol. The van der Waals surface area contributed by atoms with E-state index < -0.39 is 35.9 Å². The van der Waals surface area contributed by atoms with Gasteiger partial charge in [0.05, 0.1) is 22.6 Å². The predicted molar refractivity (Wildman–Crippen MR) is 100 cm³/mol. The molecule has 0 radical (unpaired) electrons. The second kappa shape index (κ2) is 7.47. The van der Waals surface area contributed by atoms with Gasteiger partial charge in [-0.3, -0.25) is 9.78 Å². The van der Waals surface area contributed by atoms with E-state index in [0.29, 0.717) is 41.9 Å². The van der Waals surface area contributed by atoms with Crippen molar-refractivity contribution in [2.24, 2.45) is 0 Å². The number of hydrogen-bond donors (Lipinski definition) is 1. The van der Waals surface area contributed by atoms with Crippen LogP contribution in [0.15, 0.2) is 42.9 Å². The van der Waals surface area contributed by atoms with Crippen molar-refractivity contribution in [3.63, 3.8) is 0 Å². The molecule has 30 heavy (non-hydrogen) atoms. The van der Waals surface area contributed by atoms with Crippen LogP contribution in [0.2, 0.25) is 0 Å². The van der Waals surface area contributed by atoms with Crippen LogP contribution in [0, 0.1) is 5.82 Å². The zero-order valence-electron chi connectivity index (χ0n) is 18.3. The minimum atomic E-state index is -4.86. The third kappa shape index (κ3) is 3.74. The number of rotatable bonds is 3. The van der Waals surface area contributed by atoms with Crippen molar-refractivity contribution in [3.8, 4) is 11.4 Å². The van der Waals surface area contributed by atoms with Crippen LogP contribution in [-0.4, -0.2) is 27.4 Å². The lowest BCUT2D eigenvalue weighted by Gasteiger charge is -2.19. The van der Waals surface area contributed by atoms with E-state index in [1.807, 2.05) is 0 Å². The molecule has 5 nitrogen and oxygen atoms in total. The number of aromatic nitrogens is 3. The molecule has 9 heteroatoms. The van der Waals surface area contributed by atoms with Gasteiger partial charge in [-0.05, 0) is 47.9 Å². The van der Waals surface area contributed by atoms with Gasteiger partial charge in [-0.1, -0.05) is 6.85 Å². The fourth-order valence-corrected chi connectivity index (χ4v) is 3.35. The summed E-state index contributed by atoms with van der Waals surface area (Å²) >= 11 is 0. The van der Waals surface area contributed by atoms with Gasteiger partial charge in [0.2, 0.25) is 0 Å². The number of alkyl halides is 3. The number of carbonyl (C=O) groups is 1. The monoisotopic (exact) mass is 419 g/mol. The zero-order chi connectivity index (χ0) is 24.0. The Bertz CT molecular complexity index is 1230. The fraction of sp³-hybridized carbons (Fsp3) is 0.238. The molecule has 0 bridgehead atoms. The van der Waals surface area contributed by atoms with E-state index in [1.165, 1.54) is 12.3 Å². The number of halogens is 4. The van der Waals surface area contributed by atoms with Crippen LogP contribution in [0.1, 0.15) is 49.6 Å². The lowest BCUT2D eigenvalue weighted by atomic mass is 9.93. The van der Waals surface area contributed by atoms with Gasteiger partial charge in [-0.2, -0.15) is 13.2 Å². The van der Waals surface area contributed by atoms with Crippen molar-refractivity contribution in [2.45, 2.75) is 25.4 Å². The van der Waals surface area contributed by atoms with Gasteiger partial charge in [0, 0.05) is 28.3 Å². The first-order valence-corrected chi connectivity index (χ1v) is 8.91. The van der Waals surface area contributed by atoms with Gasteiger partial charge in [-0.25, -0.2) is 14.4 Å². The van der Waals surface area contributed by atoms with E-state index in [4.69, 9.17) is 4.11 Å². The molecule has 1 aliphatic rings. The van der Waals surface area contributed by atoms with Crippen molar-refractivity contribution in [1.29, 1.82) is 0 Å². The van der Waals surface area contributed by atoms with Gasteiger partial charge >= 0.3 is 6.18 Å². The number of hydrogen-bond acceptors (Lipinski definition) is 4. The molecule has 1 amide bonds. The highest BCUT2D eigenvalue weighted by Gasteiger charge is 2.32. The van der Waals surface area contributed by atoms with Gasteiger partial charge in [0.25, 0.3) is 5.91 Å². The Morgan fingerprint density at radius 3 is 2.77 bits per heavy atom. The highest BCUT2D eigenvalue weighted by molar-refractivity contribution is 5.98. The van der Waals surface area contributed by atoms with Crippen LogP contribution >= 0.6 is 0 Å². The summed E-state index contributed by atoms with van der Waals surface area (Å²) in [5, 5.41) is 2.71. The summed E-state index contributed by atoms with van der Waals surface area (Å²) in [6.45, 7) is -2.46. The van der Waals surface area contributed by atoms with Gasteiger partial charge in [0.1, 0.15) is 12.1 Å². The number of fused-ring (bicyclic) bond motifs is 1. The highest BCUT2D eigenvalue weighted by atomic mass is 19.4. The van der Waals surface area contributed by atoms with Crippen LogP contribution in [0.3, 0.4) is 0 Å². The molecule has 1 unspecified atom stereocenters. The summed E-state index contributed by atoms with van der Waals surface area (Å²) in [7, 11) is 0. The molecule has 0 saturated heterocycles. The van der Waals surface area contributed by atoms with E-state index in [0.717, 1.165) is 12.4 Å². The normalized spacial score (nSPS) is 16.7. The molecule has 0 saturated carbocycles. The van der Waals surface area contributed by atoms with Crippen molar-refractivity contribution in [1.82, 2.24) is 20.3 Å². The Morgan fingerprint density at radius 1 is 1.17 bits per heavy atom. The first-order valence-electron chi connectivity index (χ1n) is 10.4. The number of amides is 1. The molecule has 4 rings (SSSR count). The molecule has 3 heterocycles. The van der Waals surface area contributed by atoms with Crippen molar-refractivity contribution in [2.75, 3.05) is 6.54 Å². The Balaban J connectivity index is 1.85. The largest absolute Gasteiger partial charge is 0.416 e. The lowest BCUT2D eigenvalue weighted by molar-refractivity contribution is -0.137. The van der Waals surface area contributed by atoms with E-state index in [1.54, 1.807) is 6.07 Å². The molecule has 0 aliphatic carbocycles. The molecule has 0 fully saturated rings. The standard InChI is InChI=1S/C21H16F4N4O/c1-11(12-6-13(21(23,24)25)8-14(22)7-12)17-9-18(29-10-28-17)19-15-2-5-27-20(30)16(15)3-4-26-19/h3-4,6-11H,2,5H2,1H3,(H,27,30)/i1D3. The van der Waals surface area contributed by atoms with Crippen LogP contribution in [0.4, 0.5) is 17.6 Å². The molecule has 0 spiro atoms. The number of pyridine rings is 1. The molecule has 1 aromatic carbocycles. The maximum absolute atomic E-state index is 14.0. The predicted octanol–water partition coefficient (Wildman–Crippen LogP) is 4.13. The highest BCUT2D eigenvalue weighted by Crippen LogP contribution is 2.34. The van der Waals surface area contributed by atoms with Gasteiger partial charge < -0.3 is 5.32 Å².